The molecule has 1 heterocycles. The van der Waals surface area contributed by atoms with Crippen LogP contribution < -0.4 is 5.32 Å². The highest BCUT2D eigenvalue weighted by Crippen LogP contribution is 2.15. The summed E-state index contributed by atoms with van der Waals surface area (Å²) >= 11 is 6.09. The van der Waals surface area contributed by atoms with Gasteiger partial charge in [0.1, 0.15) is 0 Å². The van der Waals surface area contributed by atoms with Crippen LogP contribution in [0.5, 0.6) is 0 Å². The highest BCUT2D eigenvalue weighted by Gasteiger charge is 2.20. The van der Waals surface area contributed by atoms with Gasteiger partial charge in [0, 0.05) is 43.3 Å². The minimum Gasteiger partial charge on any atom is -0.352 e. The first-order valence-corrected chi connectivity index (χ1v) is 9.47. The number of carbonyl (C=O) groups excluding carboxylic acids is 2. The van der Waals surface area contributed by atoms with E-state index in [1.54, 1.807) is 6.07 Å². The summed E-state index contributed by atoms with van der Waals surface area (Å²) in [6.45, 7) is 3.75. The maximum atomic E-state index is 12.5. The SMILES string of the molecule is CN1CCN(C(=O)c2ccc(CNC(=O)Cc3ccccc3Cl)cc2)CC1. The molecule has 2 aromatic carbocycles. The Kier molecular flexibility index (Phi) is 6.48. The molecule has 1 fully saturated rings. The third kappa shape index (κ3) is 5.31. The fraction of sp³-hybridized carbons (Fsp3) is 0.333. The van der Waals surface area contributed by atoms with E-state index in [1.165, 1.54) is 0 Å². The smallest absolute Gasteiger partial charge is 0.253 e. The summed E-state index contributed by atoms with van der Waals surface area (Å²) in [4.78, 5) is 28.8. The molecule has 0 bridgehead atoms. The number of hydrogen-bond acceptors (Lipinski definition) is 3. The van der Waals surface area contributed by atoms with Gasteiger partial charge in [-0.05, 0) is 36.4 Å². The molecule has 3 rings (SSSR count). The van der Waals surface area contributed by atoms with Gasteiger partial charge < -0.3 is 15.1 Å². The molecule has 5 nitrogen and oxygen atoms in total. The van der Waals surface area contributed by atoms with E-state index >= 15 is 0 Å². The van der Waals surface area contributed by atoms with Crippen molar-refractivity contribution in [3.8, 4) is 0 Å². The van der Waals surface area contributed by atoms with E-state index in [4.69, 9.17) is 11.6 Å². The summed E-state index contributed by atoms with van der Waals surface area (Å²) < 4.78 is 0. The molecule has 1 aliphatic heterocycles. The lowest BCUT2D eigenvalue weighted by Crippen LogP contribution is -2.47. The number of likely N-dealkylation sites (N-methyl/N-ethyl adjacent to an activating group) is 1. The summed E-state index contributed by atoms with van der Waals surface area (Å²) in [6, 6.07) is 14.8. The fourth-order valence-electron chi connectivity index (χ4n) is 3.04. The second kappa shape index (κ2) is 9.02. The first kappa shape index (κ1) is 19.4. The predicted molar refractivity (Wildman–Crippen MR) is 107 cm³/mol. The van der Waals surface area contributed by atoms with E-state index in [0.717, 1.165) is 37.3 Å². The van der Waals surface area contributed by atoms with Crippen molar-refractivity contribution >= 4 is 23.4 Å². The molecule has 0 spiro atoms. The third-order valence-corrected chi connectivity index (χ3v) is 5.16. The molecule has 0 saturated carbocycles. The second-order valence-corrected chi connectivity index (χ2v) is 7.24. The number of halogens is 1. The van der Waals surface area contributed by atoms with Crippen molar-refractivity contribution in [2.24, 2.45) is 0 Å². The van der Waals surface area contributed by atoms with Crippen LogP contribution in [0.1, 0.15) is 21.5 Å². The van der Waals surface area contributed by atoms with Gasteiger partial charge in [0.15, 0.2) is 0 Å². The quantitative estimate of drug-likeness (QED) is 0.860. The van der Waals surface area contributed by atoms with Crippen LogP contribution in [0, 0.1) is 0 Å². The molecule has 0 radical (unpaired) electrons. The van der Waals surface area contributed by atoms with Crippen LogP contribution in [0.25, 0.3) is 0 Å². The molecule has 6 heteroatoms. The Bertz CT molecular complexity index is 799. The molecule has 1 saturated heterocycles. The summed E-state index contributed by atoms with van der Waals surface area (Å²) in [5, 5.41) is 3.49. The Morgan fingerprint density at radius 2 is 1.67 bits per heavy atom. The van der Waals surface area contributed by atoms with Crippen molar-refractivity contribution in [3.63, 3.8) is 0 Å². The first-order chi connectivity index (χ1) is 13.0. The molecule has 1 aliphatic rings. The van der Waals surface area contributed by atoms with Crippen LogP contribution in [0.3, 0.4) is 0 Å². The monoisotopic (exact) mass is 385 g/mol. The van der Waals surface area contributed by atoms with Gasteiger partial charge >= 0.3 is 0 Å². The maximum absolute atomic E-state index is 12.5. The van der Waals surface area contributed by atoms with Gasteiger partial charge in [-0.1, -0.05) is 41.9 Å². The lowest BCUT2D eigenvalue weighted by molar-refractivity contribution is -0.120. The highest BCUT2D eigenvalue weighted by atomic mass is 35.5. The van der Waals surface area contributed by atoms with Gasteiger partial charge in [-0.2, -0.15) is 0 Å². The largest absolute Gasteiger partial charge is 0.352 e. The van der Waals surface area contributed by atoms with Gasteiger partial charge in [0.2, 0.25) is 5.91 Å². The van der Waals surface area contributed by atoms with E-state index in [1.807, 2.05) is 47.4 Å². The lowest BCUT2D eigenvalue weighted by atomic mass is 10.1. The number of carbonyl (C=O) groups is 2. The van der Waals surface area contributed by atoms with Gasteiger partial charge in [-0.3, -0.25) is 9.59 Å². The summed E-state index contributed by atoms with van der Waals surface area (Å²) in [5.74, 6) is -0.0157. The number of hydrogen-bond donors (Lipinski definition) is 1. The average Bonchev–Trinajstić information content (AvgIpc) is 2.69. The van der Waals surface area contributed by atoms with Crippen LogP contribution in [0.15, 0.2) is 48.5 Å². The van der Waals surface area contributed by atoms with E-state index in [9.17, 15) is 9.59 Å². The van der Waals surface area contributed by atoms with E-state index in [2.05, 4.69) is 17.3 Å². The van der Waals surface area contributed by atoms with Crippen molar-refractivity contribution < 1.29 is 9.59 Å². The molecule has 0 atom stereocenters. The summed E-state index contributed by atoms with van der Waals surface area (Å²) in [6.07, 6.45) is 0.250. The van der Waals surface area contributed by atoms with Crippen LogP contribution in [0.2, 0.25) is 5.02 Å². The zero-order valence-electron chi connectivity index (χ0n) is 15.5. The Morgan fingerprint density at radius 3 is 2.33 bits per heavy atom. The number of nitrogens with zero attached hydrogens (tertiary/aromatic N) is 2. The standard InChI is InChI=1S/C21H24ClN3O2/c1-24-10-12-25(13-11-24)21(27)17-8-6-16(7-9-17)15-23-20(26)14-18-4-2-3-5-19(18)22/h2-9H,10-15H2,1H3,(H,23,26). The van der Waals surface area contributed by atoms with Crippen LogP contribution >= 0.6 is 11.6 Å². The van der Waals surface area contributed by atoms with E-state index < -0.39 is 0 Å². The molecule has 2 amide bonds. The number of benzene rings is 2. The Hall–Kier alpha value is -2.37. The number of rotatable bonds is 5. The second-order valence-electron chi connectivity index (χ2n) is 6.84. The number of piperazine rings is 1. The van der Waals surface area contributed by atoms with Crippen molar-refractivity contribution in [1.82, 2.24) is 15.1 Å². The van der Waals surface area contributed by atoms with Gasteiger partial charge in [-0.15, -0.1) is 0 Å². The molecule has 142 valence electrons. The van der Waals surface area contributed by atoms with Crippen LogP contribution in [-0.4, -0.2) is 54.8 Å². The van der Waals surface area contributed by atoms with Crippen LogP contribution in [0.4, 0.5) is 0 Å². The summed E-state index contributed by atoms with van der Waals surface area (Å²) in [7, 11) is 2.07. The highest BCUT2D eigenvalue weighted by molar-refractivity contribution is 6.31. The van der Waals surface area contributed by atoms with Gasteiger partial charge in [-0.25, -0.2) is 0 Å². The molecule has 2 aromatic rings. The number of amides is 2. The molecule has 0 aliphatic carbocycles. The molecule has 0 aromatic heterocycles. The summed E-state index contributed by atoms with van der Waals surface area (Å²) in [5.41, 5.74) is 2.45. The lowest BCUT2D eigenvalue weighted by Gasteiger charge is -2.32. The van der Waals surface area contributed by atoms with E-state index in [0.29, 0.717) is 17.1 Å². The molecule has 0 unspecified atom stereocenters. The molecule has 1 N–H and O–H groups in total. The molecular weight excluding hydrogens is 362 g/mol. The topological polar surface area (TPSA) is 52.6 Å². The van der Waals surface area contributed by atoms with Crippen molar-refractivity contribution in [2.75, 3.05) is 33.2 Å². The van der Waals surface area contributed by atoms with Crippen molar-refractivity contribution in [1.29, 1.82) is 0 Å². The Morgan fingerprint density at radius 1 is 1.00 bits per heavy atom. The minimum atomic E-state index is -0.0827. The zero-order valence-corrected chi connectivity index (χ0v) is 16.2. The van der Waals surface area contributed by atoms with Gasteiger partial charge in [0.25, 0.3) is 5.91 Å². The van der Waals surface area contributed by atoms with E-state index in [-0.39, 0.29) is 18.2 Å². The van der Waals surface area contributed by atoms with Crippen molar-refractivity contribution in [2.45, 2.75) is 13.0 Å². The number of nitrogens with one attached hydrogen (secondary N) is 1. The Balaban J connectivity index is 1.51. The van der Waals surface area contributed by atoms with Gasteiger partial charge in [0.05, 0.1) is 6.42 Å². The average molecular weight is 386 g/mol. The fourth-order valence-corrected chi connectivity index (χ4v) is 3.24. The normalized spacial score (nSPS) is 14.8. The molecular formula is C21H24ClN3O2. The third-order valence-electron chi connectivity index (χ3n) is 4.79. The predicted octanol–water partition coefficient (Wildman–Crippen LogP) is 2.59. The zero-order chi connectivity index (χ0) is 19.2. The first-order valence-electron chi connectivity index (χ1n) is 9.10. The molecule has 27 heavy (non-hydrogen) atoms. The Labute approximate surface area is 164 Å². The maximum Gasteiger partial charge on any atom is 0.253 e. The van der Waals surface area contributed by atoms with Crippen molar-refractivity contribution in [3.05, 3.63) is 70.2 Å². The minimum absolute atomic E-state index is 0.0670. The van der Waals surface area contributed by atoms with Crippen LogP contribution in [-0.2, 0) is 17.8 Å².